The molecule has 0 saturated carbocycles. The highest BCUT2D eigenvalue weighted by atomic mass is 16.7. The van der Waals surface area contributed by atoms with Crippen molar-refractivity contribution >= 4 is 0 Å². The van der Waals surface area contributed by atoms with Gasteiger partial charge in [0.05, 0.1) is 6.61 Å². The molecule has 100 valence electrons. The van der Waals surface area contributed by atoms with Gasteiger partial charge >= 0.3 is 0 Å². The summed E-state index contributed by atoms with van der Waals surface area (Å²) in [5.41, 5.74) is 1.20. The fourth-order valence-corrected chi connectivity index (χ4v) is 1.75. The van der Waals surface area contributed by atoms with Crippen LogP contribution in [0.1, 0.15) is 19.4 Å². The largest absolute Gasteiger partial charge is 0.454 e. The molecular formula is C14H21NO3. The summed E-state index contributed by atoms with van der Waals surface area (Å²) in [6, 6.07) is 6.02. The van der Waals surface area contributed by atoms with Crippen LogP contribution in [0.5, 0.6) is 11.5 Å². The Labute approximate surface area is 108 Å². The molecule has 2 rings (SSSR count). The summed E-state index contributed by atoms with van der Waals surface area (Å²) in [5, 5.41) is 3.35. The first-order valence-electron chi connectivity index (χ1n) is 6.42. The Kier molecular flexibility index (Phi) is 4.84. The first-order valence-corrected chi connectivity index (χ1v) is 6.42. The minimum atomic E-state index is 0.329. The van der Waals surface area contributed by atoms with Gasteiger partial charge in [0.2, 0.25) is 6.79 Å². The van der Waals surface area contributed by atoms with Gasteiger partial charge in [0.15, 0.2) is 11.5 Å². The lowest BCUT2D eigenvalue weighted by atomic mass is 10.2. The number of rotatable bonds is 7. The van der Waals surface area contributed by atoms with Crippen molar-refractivity contribution in [3.8, 4) is 11.5 Å². The van der Waals surface area contributed by atoms with E-state index in [1.54, 1.807) is 0 Å². The molecule has 0 fully saturated rings. The van der Waals surface area contributed by atoms with Crippen molar-refractivity contribution in [1.82, 2.24) is 5.32 Å². The van der Waals surface area contributed by atoms with Crippen LogP contribution < -0.4 is 14.8 Å². The van der Waals surface area contributed by atoms with Gasteiger partial charge in [0, 0.05) is 19.7 Å². The van der Waals surface area contributed by atoms with E-state index < -0.39 is 0 Å². The molecule has 1 aromatic carbocycles. The standard InChI is InChI=1S/C14H21NO3/c1-11(2)9-16-6-5-15-8-12-3-4-13-14(7-12)18-10-17-13/h3-4,7,11,15H,5-6,8-10H2,1-2H3. The molecule has 1 heterocycles. The maximum Gasteiger partial charge on any atom is 0.231 e. The second-order valence-corrected chi connectivity index (χ2v) is 4.83. The van der Waals surface area contributed by atoms with Gasteiger partial charge in [-0.1, -0.05) is 19.9 Å². The van der Waals surface area contributed by atoms with Crippen molar-refractivity contribution in [3.05, 3.63) is 23.8 Å². The van der Waals surface area contributed by atoms with Crippen LogP contribution in [-0.4, -0.2) is 26.6 Å². The molecule has 0 unspecified atom stereocenters. The summed E-state index contributed by atoms with van der Waals surface area (Å²) < 4.78 is 16.1. The molecule has 0 spiro atoms. The first kappa shape index (κ1) is 13.2. The maximum atomic E-state index is 5.50. The maximum absolute atomic E-state index is 5.50. The summed E-state index contributed by atoms with van der Waals surface area (Å²) >= 11 is 0. The third-order valence-electron chi connectivity index (χ3n) is 2.64. The summed E-state index contributed by atoms with van der Waals surface area (Å²) in [7, 11) is 0. The SMILES string of the molecule is CC(C)COCCNCc1ccc2c(c1)OCO2. The van der Waals surface area contributed by atoms with Gasteiger partial charge in [-0.25, -0.2) is 0 Å². The molecule has 4 heteroatoms. The van der Waals surface area contributed by atoms with Crippen LogP contribution in [0.4, 0.5) is 0 Å². The molecule has 1 aromatic rings. The highest BCUT2D eigenvalue weighted by molar-refractivity contribution is 5.44. The number of benzene rings is 1. The van der Waals surface area contributed by atoms with Gasteiger partial charge in [-0.2, -0.15) is 0 Å². The molecule has 0 saturated heterocycles. The quantitative estimate of drug-likeness (QED) is 0.754. The van der Waals surface area contributed by atoms with Crippen LogP contribution in [0.15, 0.2) is 18.2 Å². The first-order chi connectivity index (χ1) is 8.75. The molecule has 0 atom stereocenters. The van der Waals surface area contributed by atoms with Crippen molar-refractivity contribution in [2.75, 3.05) is 26.6 Å². The zero-order chi connectivity index (χ0) is 12.8. The number of fused-ring (bicyclic) bond motifs is 1. The van der Waals surface area contributed by atoms with Crippen LogP contribution in [-0.2, 0) is 11.3 Å². The Bertz CT molecular complexity index is 379. The lowest BCUT2D eigenvalue weighted by molar-refractivity contribution is 0.111. The van der Waals surface area contributed by atoms with Crippen molar-refractivity contribution in [2.24, 2.45) is 5.92 Å². The summed E-state index contributed by atoms with van der Waals surface area (Å²) in [5.74, 6) is 2.27. The zero-order valence-electron chi connectivity index (χ0n) is 11.1. The Morgan fingerprint density at radius 3 is 2.94 bits per heavy atom. The zero-order valence-corrected chi connectivity index (χ0v) is 11.1. The molecule has 1 aliphatic rings. The summed E-state index contributed by atoms with van der Waals surface area (Å²) in [4.78, 5) is 0. The van der Waals surface area contributed by atoms with E-state index in [-0.39, 0.29) is 0 Å². The average molecular weight is 251 g/mol. The van der Waals surface area contributed by atoms with Gasteiger partial charge in [-0.05, 0) is 23.6 Å². The normalized spacial score (nSPS) is 13.3. The van der Waals surface area contributed by atoms with Gasteiger partial charge in [0.25, 0.3) is 0 Å². The topological polar surface area (TPSA) is 39.7 Å². The Hall–Kier alpha value is -1.26. The van der Waals surface area contributed by atoms with Crippen LogP contribution in [0.3, 0.4) is 0 Å². The van der Waals surface area contributed by atoms with E-state index >= 15 is 0 Å². The fourth-order valence-electron chi connectivity index (χ4n) is 1.75. The van der Waals surface area contributed by atoms with E-state index in [0.717, 1.165) is 37.8 Å². The molecule has 0 amide bonds. The van der Waals surface area contributed by atoms with Crippen LogP contribution in [0.2, 0.25) is 0 Å². The molecule has 1 N–H and O–H groups in total. The van der Waals surface area contributed by atoms with Crippen molar-refractivity contribution in [3.63, 3.8) is 0 Å². The number of hydrogen-bond donors (Lipinski definition) is 1. The fraction of sp³-hybridized carbons (Fsp3) is 0.571. The average Bonchev–Trinajstić information content (AvgIpc) is 2.80. The summed E-state index contributed by atoms with van der Waals surface area (Å²) in [6.07, 6.45) is 0. The molecular weight excluding hydrogens is 230 g/mol. The molecule has 1 aliphatic heterocycles. The third kappa shape index (κ3) is 3.89. The number of nitrogens with one attached hydrogen (secondary N) is 1. The number of ether oxygens (including phenoxy) is 3. The lowest BCUT2D eigenvalue weighted by Gasteiger charge is -2.08. The van der Waals surface area contributed by atoms with Crippen LogP contribution in [0, 0.1) is 5.92 Å². The Balaban J connectivity index is 1.65. The molecule has 0 aromatic heterocycles. The van der Waals surface area contributed by atoms with Gasteiger partial charge < -0.3 is 19.5 Å². The van der Waals surface area contributed by atoms with Gasteiger partial charge in [-0.15, -0.1) is 0 Å². The van der Waals surface area contributed by atoms with Gasteiger partial charge in [-0.3, -0.25) is 0 Å². The van der Waals surface area contributed by atoms with E-state index in [4.69, 9.17) is 14.2 Å². The molecule has 0 aliphatic carbocycles. The lowest BCUT2D eigenvalue weighted by Crippen LogP contribution is -2.20. The molecule has 18 heavy (non-hydrogen) atoms. The van der Waals surface area contributed by atoms with E-state index in [1.165, 1.54) is 5.56 Å². The van der Waals surface area contributed by atoms with E-state index in [2.05, 4.69) is 25.2 Å². The minimum absolute atomic E-state index is 0.329. The van der Waals surface area contributed by atoms with Crippen molar-refractivity contribution < 1.29 is 14.2 Å². The molecule has 0 bridgehead atoms. The third-order valence-corrected chi connectivity index (χ3v) is 2.64. The van der Waals surface area contributed by atoms with Crippen molar-refractivity contribution in [2.45, 2.75) is 20.4 Å². The van der Waals surface area contributed by atoms with E-state index in [9.17, 15) is 0 Å². The Morgan fingerprint density at radius 2 is 2.11 bits per heavy atom. The molecule has 4 nitrogen and oxygen atoms in total. The second-order valence-electron chi connectivity index (χ2n) is 4.83. The van der Waals surface area contributed by atoms with Crippen molar-refractivity contribution in [1.29, 1.82) is 0 Å². The van der Waals surface area contributed by atoms with Crippen LogP contribution >= 0.6 is 0 Å². The predicted octanol–water partition coefficient (Wildman–Crippen LogP) is 2.18. The van der Waals surface area contributed by atoms with E-state index in [1.807, 2.05) is 12.1 Å². The predicted molar refractivity (Wildman–Crippen MR) is 69.9 cm³/mol. The monoisotopic (exact) mass is 251 g/mol. The highest BCUT2D eigenvalue weighted by Gasteiger charge is 2.12. The van der Waals surface area contributed by atoms with Crippen LogP contribution in [0.25, 0.3) is 0 Å². The Morgan fingerprint density at radius 1 is 1.28 bits per heavy atom. The molecule has 0 radical (unpaired) electrons. The van der Waals surface area contributed by atoms with E-state index in [0.29, 0.717) is 12.7 Å². The van der Waals surface area contributed by atoms with Gasteiger partial charge in [0.1, 0.15) is 0 Å². The smallest absolute Gasteiger partial charge is 0.231 e. The minimum Gasteiger partial charge on any atom is -0.454 e. The number of hydrogen-bond acceptors (Lipinski definition) is 4. The second kappa shape index (κ2) is 6.61. The summed E-state index contributed by atoms with van der Waals surface area (Å²) in [6.45, 7) is 7.90. The highest BCUT2D eigenvalue weighted by Crippen LogP contribution is 2.32.